The van der Waals surface area contributed by atoms with Crippen molar-refractivity contribution in [3.63, 3.8) is 0 Å². The Bertz CT molecular complexity index is 607. The van der Waals surface area contributed by atoms with E-state index in [1.165, 1.54) is 23.5 Å². The lowest BCUT2D eigenvalue weighted by atomic mass is 10.1. The van der Waals surface area contributed by atoms with E-state index in [1.54, 1.807) is 6.07 Å². The van der Waals surface area contributed by atoms with Gasteiger partial charge in [-0.05, 0) is 37.2 Å². The zero-order valence-corrected chi connectivity index (χ0v) is 13.0. The molecule has 0 aliphatic rings. The number of hydrogen-bond donors (Lipinski definition) is 1. The number of nitrogens with one attached hydrogen (secondary N) is 1. The summed E-state index contributed by atoms with van der Waals surface area (Å²) in [7, 11) is 0. The summed E-state index contributed by atoms with van der Waals surface area (Å²) >= 11 is 7.06. The summed E-state index contributed by atoms with van der Waals surface area (Å²) in [5, 5.41) is 3.33. The van der Waals surface area contributed by atoms with Crippen LogP contribution in [0.5, 0.6) is 0 Å². The molecule has 2 aromatic rings. The van der Waals surface area contributed by atoms with Crippen LogP contribution in [0.2, 0.25) is 5.02 Å². The minimum absolute atomic E-state index is 0.0902. The highest BCUT2D eigenvalue weighted by molar-refractivity contribution is 7.15. The van der Waals surface area contributed by atoms with E-state index in [-0.39, 0.29) is 10.6 Å². The molecule has 0 fully saturated rings. The van der Waals surface area contributed by atoms with E-state index in [0.29, 0.717) is 11.4 Å². The topological polar surface area (TPSA) is 12.0 Å². The summed E-state index contributed by atoms with van der Waals surface area (Å²) in [5.74, 6) is 0. The van der Waals surface area contributed by atoms with Crippen molar-refractivity contribution in [2.45, 2.75) is 26.1 Å². The fourth-order valence-corrected chi connectivity index (χ4v) is 3.16. The van der Waals surface area contributed by atoms with Crippen LogP contribution in [0.4, 0.5) is 13.2 Å². The van der Waals surface area contributed by atoms with Gasteiger partial charge in [0.1, 0.15) is 0 Å². The third-order valence-corrected chi connectivity index (χ3v) is 4.29. The van der Waals surface area contributed by atoms with Crippen molar-refractivity contribution in [2.24, 2.45) is 0 Å². The van der Waals surface area contributed by atoms with Gasteiger partial charge in [0, 0.05) is 26.9 Å². The van der Waals surface area contributed by atoms with Gasteiger partial charge < -0.3 is 5.32 Å². The van der Waals surface area contributed by atoms with Crippen molar-refractivity contribution >= 4 is 22.9 Å². The Labute approximate surface area is 130 Å². The Morgan fingerprint density at radius 3 is 2.62 bits per heavy atom. The first-order chi connectivity index (χ1) is 9.91. The largest absolute Gasteiger partial charge is 0.417 e. The third-order valence-electron chi connectivity index (χ3n) is 2.94. The average Bonchev–Trinajstić information content (AvgIpc) is 2.87. The molecule has 0 amide bonds. The molecule has 1 nitrogen and oxygen atoms in total. The minimum atomic E-state index is -4.41. The van der Waals surface area contributed by atoms with Crippen molar-refractivity contribution in [2.75, 3.05) is 6.54 Å². The van der Waals surface area contributed by atoms with E-state index in [1.807, 2.05) is 6.07 Å². The zero-order chi connectivity index (χ0) is 15.5. The summed E-state index contributed by atoms with van der Waals surface area (Å²) in [6.45, 7) is 3.63. The first kappa shape index (κ1) is 16.3. The van der Waals surface area contributed by atoms with Crippen LogP contribution in [0.1, 0.15) is 23.8 Å². The molecule has 21 heavy (non-hydrogen) atoms. The molecule has 114 valence electrons. The number of benzene rings is 1. The predicted octanol–water partition coefficient (Wildman–Crippen LogP) is 5.59. The third kappa shape index (κ3) is 4.22. The van der Waals surface area contributed by atoms with Gasteiger partial charge in [-0.15, -0.1) is 11.3 Å². The number of hydrogen-bond acceptors (Lipinski definition) is 2. The second-order valence-corrected chi connectivity index (χ2v) is 6.24. The standard InChI is InChI=1S/C15H15ClF3NS/c1-2-7-20-9-11-4-6-14(21-11)12-5-3-10(16)8-13(12)15(17,18)19/h3-6,8,20H,2,7,9H2,1H3. The summed E-state index contributed by atoms with van der Waals surface area (Å²) < 4.78 is 39.3. The molecule has 1 aromatic heterocycles. The first-order valence-corrected chi connectivity index (χ1v) is 7.78. The Morgan fingerprint density at radius 1 is 1.19 bits per heavy atom. The van der Waals surface area contributed by atoms with Crippen LogP contribution in [0.3, 0.4) is 0 Å². The number of thiophene rings is 1. The van der Waals surface area contributed by atoms with E-state index >= 15 is 0 Å². The maximum atomic E-state index is 13.1. The van der Waals surface area contributed by atoms with Crippen LogP contribution in [-0.4, -0.2) is 6.54 Å². The molecule has 1 aromatic carbocycles. The molecule has 2 rings (SSSR count). The number of rotatable bonds is 5. The van der Waals surface area contributed by atoms with E-state index in [2.05, 4.69) is 12.2 Å². The zero-order valence-electron chi connectivity index (χ0n) is 11.4. The summed E-state index contributed by atoms with van der Waals surface area (Å²) in [6.07, 6.45) is -3.39. The van der Waals surface area contributed by atoms with Crippen LogP contribution >= 0.6 is 22.9 Å². The van der Waals surface area contributed by atoms with Crippen LogP contribution < -0.4 is 5.32 Å². The molecule has 0 bridgehead atoms. The molecule has 0 saturated carbocycles. The van der Waals surface area contributed by atoms with Gasteiger partial charge in [-0.25, -0.2) is 0 Å². The Hall–Kier alpha value is -1.04. The lowest BCUT2D eigenvalue weighted by Gasteiger charge is -2.12. The van der Waals surface area contributed by atoms with Gasteiger partial charge in [-0.2, -0.15) is 13.2 Å². The van der Waals surface area contributed by atoms with Gasteiger partial charge in [0.25, 0.3) is 0 Å². The molecule has 1 N–H and O–H groups in total. The Balaban J connectivity index is 2.30. The molecule has 1 heterocycles. The summed E-state index contributed by atoms with van der Waals surface area (Å²) in [4.78, 5) is 1.62. The van der Waals surface area contributed by atoms with E-state index in [4.69, 9.17) is 11.6 Å². The van der Waals surface area contributed by atoms with Gasteiger partial charge in [0.05, 0.1) is 5.56 Å². The maximum Gasteiger partial charge on any atom is 0.417 e. The monoisotopic (exact) mass is 333 g/mol. The van der Waals surface area contributed by atoms with E-state index in [9.17, 15) is 13.2 Å². The highest BCUT2D eigenvalue weighted by Gasteiger charge is 2.34. The molecule has 0 aliphatic carbocycles. The molecule has 0 aliphatic heterocycles. The lowest BCUT2D eigenvalue weighted by Crippen LogP contribution is -2.12. The van der Waals surface area contributed by atoms with Crippen molar-refractivity contribution in [3.05, 3.63) is 45.8 Å². The highest BCUT2D eigenvalue weighted by atomic mass is 35.5. The fourth-order valence-electron chi connectivity index (χ4n) is 1.97. The molecule has 0 radical (unpaired) electrons. The second-order valence-electron chi connectivity index (χ2n) is 4.63. The lowest BCUT2D eigenvalue weighted by molar-refractivity contribution is -0.137. The normalized spacial score (nSPS) is 11.9. The van der Waals surface area contributed by atoms with Gasteiger partial charge in [-0.3, -0.25) is 0 Å². The highest BCUT2D eigenvalue weighted by Crippen LogP contribution is 2.40. The minimum Gasteiger partial charge on any atom is -0.312 e. The molecule has 0 spiro atoms. The Kier molecular flexibility index (Phi) is 5.30. The smallest absolute Gasteiger partial charge is 0.312 e. The molecule has 0 unspecified atom stereocenters. The molecular weight excluding hydrogens is 319 g/mol. The molecular formula is C15H15ClF3NS. The van der Waals surface area contributed by atoms with E-state index < -0.39 is 11.7 Å². The van der Waals surface area contributed by atoms with Gasteiger partial charge >= 0.3 is 6.18 Å². The first-order valence-electron chi connectivity index (χ1n) is 6.58. The van der Waals surface area contributed by atoms with E-state index in [0.717, 1.165) is 23.9 Å². The molecule has 6 heteroatoms. The van der Waals surface area contributed by atoms with Crippen molar-refractivity contribution < 1.29 is 13.2 Å². The number of alkyl halides is 3. The van der Waals surface area contributed by atoms with Crippen LogP contribution in [-0.2, 0) is 12.7 Å². The van der Waals surface area contributed by atoms with Crippen LogP contribution in [0.15, 0.2) is 30.3 Å². The molecule has 0 saturated heterocycles. The van der Waals surface area contributed by atoms with Crippen LogP contribution in [0.25, 0.3) is 10.4 Å². The summed E-state index contributed by atoms with van der Waals surface area (Å²) in [6, 6.07) is 7.48. The summed E-state index contributed by atoms with van der Waals surface area (Å²) in [5.41, 5.74) is -0.511. The van der Waals surface area contributed by atoms with Gasteiger partial charge in [0.2, 0.25) is 0 Å². The van der Waals surface area contributed by atoms with Crippen molar-refractivity contribution in [3.8, 4) is 10.4 Å². The van der Waals surface area contributed by atoms with Crippen molar-refractivity contribution in [1.82, 2.24) is 5.32 Å². The Morgan fingerprint density at radius 2 is 1.95 bits per heavy atom. The number of halogens is 4. The molecule has 0 atom stereocenters. The SMILES string of the molecule is CCCNCc1ccc(-c2ccc(Cl)cc2C(F)(F)F)s1. The van der Waals surface area contributed by atoms with Crippen LogP contribution in [0, 0.1) is 0 Å². The quantitative estimate of drug-likeness (QED) is 0.703. The van der Waals surface area contributed by atoms with Gasteiger partial charge in [0.15, 0.2) is 0 Å². The van der Waals surface area contributed by atoms with Crippen molar-refractivity contribution in [1.29, 1.82) is 0 Å². The maximum absolute atomic E-state index is 13.1. The second kappa shape index (κ2) is 6.81. The van der Waals surface area contributed by atoms with Gasteiger partial charge in [-0.1, -0.05) is 24.6 Å². The average molecular weight is 334 g/mol. The predicted molar refractivity (Wildman–Crippen MR) is 81.8 cm³/mol. The fraction of sp³-hybridized carbons (Fsp3) is 0.333.